The highest BCUT2D eigenvalue weighted by Crippen LogP contribution is 2.16. The Labute approximate surface area is 94.8 Å². The molecule has 0 aromatic heterocycles. The normalized spacial score (nSPS) is 11.7. The molecular weight excluding hydrogens is 210 g/mol. The van der Waals surface area contributed by atoms with E-state index in [4.69, 9.17) is 22.8 Å². The summed E-state index contributed by atoms with van der Waals surface area (Å²) in [7, 11) is 1.64. The van der Waals surface area contributed by atoms with E-state index in [0.29, 0.717) is 5.11 Å². The summed E-state index contributed by atoms with van der Waals surface area (Å²) in [6, 6.07) is 7.89. The van der Waals surface area contributed by atoms with Crippen LogP contribution >= 0.6 is 12.2 Å². The van der Waals surface area contributed by atoms with Crippen LogP contribution in [0.3, 0.4) is 0 Å². The zero-order valence-corrected chi connectivity index (χ0v) is 9.60. The fraction of sp³-hybridized carbons (Fsp3) is 0.300. The first-order valence-electron chi connectivity index (χ1n) is 4.58. The van der Waals surface area contributed by atoms with E-state index in [1.54, 1.807) is 7.11 Å². The summed E-state index contributed by atoms with van der Waals surface area (Å²) in [5, 5.41) is 3.47. The molecule has 0 heterocycles. The van der Waals surface area contributed by atoms with Crippen molar-refractivity contribution < 1.29 is 4.74 Å². The fourth-order valence-electron chi connectivity index (χ4n) is 1.21. The lowest BCUT2D eigenvalue weighted by molar-refractivity contribution is 0.414. The van der Waals surface area contributed by atoms with Gasteiger partial charge in [-0.25, -0.2) is 5.84 Å². The van der Waals surface area contributed by atoms with Crippen LogP contribution in [-0.2, 0) is 0 Å². The topological polar surface area (TPSA) is 59.3 Å². The number of methoxy groups -OCH3 is 1. The molecule has 1 atom stereocenters. The van der Waals surface area contributed by atoms with Gasteiger partial charge in [0.05, 0.1) is 13.2 Å². The maximum Gasteiger partial charge on any atom is 0.181 e. The lowest BCUT2D eigenvalue weighted by atomic mass is 10.1. The highest BCUT2D eigenvalue weighted by Gasteiger charge is 2.05. The first kappa shape index (κ1) is 11.7. The summed E-state index contributed by atoms with van der Waals surface area (Å²) >= 11 is 4.91. The van der Waals surface area contributed by atoms with Crippen LogP contribution in [0.5, 0.6) is 5.75 Å². The third-order valence-electron chi connectivity index (χ3n) is 2.09. The minimum absolute atomic E-state index is 0.111. The molecular formula is C10H15N3OS. The van der Waals surface area contributed by atoms with Crippen LogP contribution < -0.4 is 21.3 Å². The van der Waals surface area contributed by atoms with Crippen molar-refractivity contribution in [1.29, 1.82) is 0 Å². The van der Waals surface area contributed by atoms with Crippen molar-refractivity contribution in [3.63, 3.8) is 0 Å². The van der Waals surface area contributed by atoms with E-state index < -0.39 is 0 Å². The first-order chi connectivity index (χ1) is 7.17. The Bertz CT molecular complexity index is 326. The predicted octanol–water partition coefficient (Wildman–Crippen LogP) is 1.09. The van der Waals surface area contributed by atoms with E-state index in [0.717, 1.165) is 11.3 Å². The zero-order valence-electron chi connectivity index (χ0n) is 8.78. The van der Waals surface area contributed by atoms with Crippen LogP contribution in [0, 0.1) is 0 Å². The number of benzene rings is 1. The molecule has 4 nitrogen and oxygen atoms in total. The Kier molecular flexibility index (Phi) is 4.33. The molecule has 0 saturated carbocycles. The SMILES string of the molecule is COc1ccc(C(C)NC(=S)NN)cc1. The molecule has 15 heavy (non-hydrogen) atoms. The number of nitrogens with one attached hydrogen (secondary N) is 2. The van der Waals surface area contributed by atoms with Crippen LogP contribution in [0.4, 0.5) is 0 Å². The van der Waals surface area contributed by atoms with Crippen LogP contribution in [-0.4, -0.2) is 12.2 Å². The van der Waals surface area contributed by atoms with Gasteiger partial charge in [0.25, 0.3) is 0 Å². The Morgan fingerprint density at radius 1 is 1.40 bits per heavy atom. The molecule has 0 aliphatic rings. The van der Waals surface area contributed by atoms with Gasteiger partial charge in [-0.15, -0.1) is 0 Å². The van der Waals surface area contributed by atoms with Gasteiger partial charge in [0.15, 0.2) is 5.11 Å². The van der Waals surface area contributed by atoms with Crippen molar-refractivity contribution in [2.45, 2.75) is 13.0 Å². The predicted molar refractivity (Wildman–Crippen MR) is 64.5 cm³/mol. The van der Waals surface area contributed by atoms with Gasteiger partial charge in [0.1, 0.15) is 5.75 Å². The molecule has 1 rings (SSSR count). The Morgan fingerprint density at radius 2 is 2.00 bits per heavy atom. The van der Waals surface area contributed by atoms with Crippen molar-refractivity contribution in [1.82, 2.24) is 10.7 Å². The number of thiocarbonyl (C=S) groups is 1. The molecule has 0 saturated heterocycles. The average molecular weight is 225 g/mol. The largest absolute Gasteiger partial charge is 0.497 e. The quantitative estimate of drug-likeness (QED) is 0.408. The van der Waals surface area contributed by atoms with E-state index in [2.05, 4.69) is 10.7 Å². The van der Waals surface area contributed by atoms with Gasteiger partial charge in [-0.2, -0.15) is 0 Å². The highest BCUT2D eigenvalue weighted by atomic mass is 32.1. The first-order valence-corrected chi connectivity index (χ1v) is 4.99. The van der Waals surface area contributed by atoms with E-state index >= 15 is 0 Å². The van der Waals surface area contributed by atoms with Crippen molar-refractivity contribution in [3.8, 4) is 5.75 Å². The summed E-state index contributed by atoms with van der Waals surface area (Å²) < 4.78 is 5.07. The van der Waals surface area contributed by atoms with Gasteiger partial charge in [-0.1, -0.05) is 12.1 Å². The molecule has 0 aliphatic carbocycles. The summed E-state index contributed by atoms with van der Waals surface area (Å²) in [5.74, 6) is 6.01. The van der Waals surface area contributed by atoms with Gasteiger partial charge in [-0.3, -0.25) is 0 Å². The molecule has 0 spiro atoms. The summed E-state index contributed by atoms with van der Waals surface area (Å²) in [5.41, 5.74) is 3.50. The summed E-state index contributed by atoms with van der Waals surface area (Å²) in [6.45, 7) is 2.01. The number of hydrazine groups is 1. The van der Waals surface area contributed by atoms with Gasteiger partial charge in [0, 0.05) is 0 Å². The molecule has 0 bridgehead atoms. The third-order valence-corrected chi connectivity index (χ3v) is 2.33. The number of hydrogen-bond donors (Lipinski definition) is 3. The van der Waals surface area contributed by atoms with Crippen LogP contribution in [0.25, 0.3) is 0 Å². The van der Waals surface area contributed by atoms with Crippen molar-refractivity contribution in [3.05, 3.63) is 29.8 Å². The number of rotatable bonds is 3. The van der Waals surface area contributed by atoms with Gasteiger partial charge < -0.3 is 15.5 Å². The third kappa shape index (κ3) is 3.38. The number of nitrogens with two attached hydrogens (primary N) is 1. The van der Waals surface area contributed by atoms with Crippen molar-refractivity contribution >= 4 is 17.3 Å². The standard InChI is InChI=1S/C10H15N3OS/c1-7(12-10(15)13-11)8-3-5-9(14-2)6-4-8/h3-7H,11H2,1-2H3,(H2,12,13,15). The Hall–Kier alpha value is -1.33. The molecule has 1 unspecified atom stereocenters. The highest BCUT2D eigenvalue weighted by molar-refractivity contribution is 7.80. The molecule has 0 radical (unpaired) electrons. The van der Waals surface area contributed by atoms with Crippen LogP contribution in [0.15, 0.2) is 24.3 Å². The molecule has 1 aromatic rings. The minimum atomic E-state index is 0.111. The van der Waals surface area contributed by atoms with E-state index in [9.17, 15) is 0 Å². The van der Waals surface area contributed by atoms with Gasteiger partial charge >= 0.3 is 0 Å². The molecule has 0 fully saturated rings. The monoisotopic (exact) mass is 225 g/mol. The molecule has 5 heteroatoms. The van der Waals surface area contributed by atoms with Crippen LogP contribution in [0.2, 0.25) is 0 Å². The molecule has 0 aliphatic heterocycles. The molecule has 0 amide bonds. The second-order valence-corrected chi connectivity index (χ2v) is 3.52. The van der Waals surface area contributed by atoms with Gasteiger partial charge in [-0.05, 0) is 36.8 Å². The Balaban J connectivity index is 2.65. The summed E-state index contributed by atoms with van der Waals surface area (Å²) in [6.07, 6.45) is 0. The van der Waals surface area contributed by atoms with E-state index in [-0.39, 0.29) is 6.04 Å². The number of hydrogen-bond acceptors (Lipinski definition) is 3. The lowest BCUT2D eigenvalue weighted by Crippen LogP contribution is -2.40. The smallest absolute Gasteiger partial charge is 0.181 e. The second kappa shape index (κ2) is 5.53. The van der Waals surface area contributed by atoms with E-state index in [1.165, 1.54) is 0 Å². The minimum Gasteiger partial charge on any atom is -0.497 e. The zero-order chi connectivity index (χ0) is 11.3. The maximum absolute atomic E-state index is 5.17. The second-order valence-electron chi connectivity index (χ2n) is 3.11. The Morgan fingerprint density at radius 3 is 2.47 bits per heavy atom. The van der Waals surface area contributed by atoms with E-state index in [1.807, 2.05) is 31.2 Å². The average Bonchev–Trinajstić information content (AvgIpc) is 2.29. The van der Waals surface area contributed by atoms with Crippen molar-refractivity contribution in [2.75, 3.05) is 7.11 Å². The van der Waals surface area contributed by atoms with Crippen molar-refractivity contribution in [2.24, 2.45) is 5.84 Å². The maximum atomic E-state index is 5.17. The molecule has 4 N–H and O–H groups in total. The molecule has 82 valence electrons. The number of ether oxygens (including phenoxy) is 1. The lowest BCUT2D eigenvalue weighted by Gasteiger charge is -2.15. The van der Waals surface area contributed by atoms with Gasteiger partial charge in [0.2, 0.25) is 0 Å². The fourth-order valence-corrected chi connectivity index (χ4v) is 1.39. The van der Waals surface area contributed by atoms with Crippen LogP contribution in [0.1, 0.15) is 18.5 Å². The summed E-state index contributed by atoms with van der Waals surface area (Å²) in [4.78, 5) is 0. The molecule has 1 aromatic carbocycles.